The van der Waals surface area contributed by atoms with Gasteiger partial charge < -0.3 is 18.9 Å². The van der Waals surface area contributed by atoms with Gasteiger partial charge in [-0.05, 0) is 84.8 Å². The minimum atomic E-state index is -0.465. The third-order valence-corrected chi connectivity index (χ3v) is 4.49. The summed E-state index contributed by atoms with van der Waals surface area (Å²) in [6.07, 6.45) is 2.39. The van der Waals surface area contributed by atoms with E-state index in [1.54, 1.807) is 79.9 Å². The molecule has 176 valence electrons. The summed E-state index contributed by atoms with van der Waals surface area (Å²) in [6.45, 7) is 2.48. The Balaban J connectivity index is 1.43. The second-order valence-electron chi connectivity index (χ2n) is 7.09. The fourth-order valence-corrected chi connectivity index (χ4v) is 2.73. The van der Waals surface area contributed by atoms with E-state index in [0.29, 0.717) is 40.7 Å². The molecule has 3 rings (SSSR count). The van der Waals surface area contributed by atoms with Gasteiger partial charge in [-0.25, -0.2) is 10.2 Å². The maximum atomic E-state index is 12.3. The predicted octanol–water partition coefficient (Wildman–Crippen LogP) is 4.23. The average Bonchev–Trinajstić information content (AvgIpc) is 2.88. The highest BCUT2D eigenvalue weighted by molar-refractivity contribution is 5.91. The first kappa shape index (κ1) is 24.3. The number of esters is 1. The number of hydrogen-bond donors (Lipinski definition) is 1. The van der Waals surface area contributed by atoms with Crippen molar-refractivity contribution in [2.45, 2.75) is 13.3 Å². The number of nitrogens with one attached hydrogen (secondary N) is 1. The minimum Gasteiger partial charge on any atom is -0.497 e. The van der Waals surface area contributed by atoms with Gasteiger partial charge in [-0.15, -0.1) is 0 Å². The van der Waals surface area contributed by atoms with Gasteiger partial charge in [0.15, 0.2) is 6.61 Å². The van der Waals surface area contributed by atoms with Crippen LogP contribution in [-0.4, -0.2) is 38.4 Å². The fraction of sp³-hybridized carbons (Fsp3) is 0.192. The Morgan fingerprint density at radius 2 is 1.41 bits per heavy atom. The van der Waals surface area contributed by atoms with Gasteiger partial charge in [0.1, 0.15) is 23.0 Å². The van der Waals surface area contributed by atoms with Gasteiger partial charge in [0.05, 0.1) is 25.5 Å². The van der Waals surface area contributed by atoms with Crippen molar-refractivity contribution in [1.82, 2.24) is 5.43 Å². The number of benzene rings is 3. The molecule has 8 nitrogen and oxygen atoms in total. The molecule has 0 aliphatic rings. The zero-order valence-corrected chi connectivity index (χ0v) is 19.0. The Kier molecular flexibility index (Phi) is 9.04. The van der Waals surface area contributed by atoms with Gasteiger partial charge in [0, 0.05) is 0 Å². The smallest absolute Gasteiger partial charge is 0.343 e. The van der Waals surface area contributed by atoms with Gasteiger partial charge in [0.25, 0.3) is 5.91 Å². The molecular formula is C26H26N2O6. The lowest BCUT2D eigenvalue weighted by atomic mass is 10.2. The highest BCUT2D eigenvalue weighted by Gasteiger charge is 2.09. The zero-order chi connectivity index (χ0) is 24.2. The van der Waals surface area contributed by atoms with Crippen LogP contribution in [0.15, 0.2) is 77.9 Å². The first-order valence-electron chi connectivity index (χ1n) is 10.7. The Bertz CT molecular complexity index is 1090. The van der Waals surface area contributed by atoms with Crippen LogP contribution in [0.4, 0.5) is 0 Å². The Morgan fingerprint density at radius 3 is 2.06 bits per heavy atom. The number of carbonyl (C=O) groups is 2. The second kappa shape index (κ2) is 12.6. The van der Waals surface area contributed by atoms with E-state index in [0.717, 1.165) is 6.42 Å². The number of ether oxygens (including phenoxy) is 4. The number of nitrogens with zero attached hydrogens (tertiary/aromatic N) is 1. The monoisotopic (exact) mass is 462 g/mol. The Morgan fingerprint density at radius 1 is 0.824 bits per heavy atom. The molecule has 0 heterocycles. The molecule has 34 heavy (non-hydrogen) atoms. The zero-order valence-electron chi connectivity index (χ0n) is 19.0. The summed E-state index contributed by atoms with van der Waals surface area (Å²) in [6, 6.07) is 20.4. The van der Waals surface area contributed by atoms with Crippen LogP contribution >= 0.6 is 0 Å². The standard InChI is InChI=1S/C26H26N2O6/c1-3-16-32-22-10-6-20(7-11-22)26(30)34-24-8-4-19(5-9-24)17-27-28-25(29)18-33-23-14-12-21(31-2)13-15-23/h4-15,17H,3,16,18H2,1-2H3,(H,28,29)/b27-17+. The van der Waals surface area contributed by atoms with Gasteiger partial charge in [0.2, 0.25) is 0 Å². The first-order valence-corrected chi connectivity index (χ1v) is 10.7. The molecule has 0 aliphatic heterocycles. The van der Waals surface area contributed by atoms with E-state index in [1.807, 2.05) is 6.92 Å². The van der Waals surface area contributed by atoms with Gasteiger partial charge in [-0.3, -0.25) is 4.79 Å². The van der Waals surface area contributed by atoms with E-state index < -0.39 is 11.9 Å². The van der Waals surface area contributed by atoms with E-state index in [1.165, 1.54) is 6.21 Å². The number of hydrazone groups is 1. The molecule has 0 spiro atoms. The maximum Gasteiger partial charge on any atom is 0.343 e. The van der Waals surface area contributed by atoms with Gasteiger partial charge in [-0.1, -0.05) is 6.92 Å². The number of rotatable bonds is 11. The van der Waals surface area contributed by atoms with E-state index in [2.05, 4.69) is 10.5 Å². The quantitative estimate of drug-likeness (QED) is 0.198. The molecule has 3 aromatic rings. The maximum absolute atomic E-state index is 12.3. The van der Waals surface area contributed by atoms with Crippen molar-refractivity contribution in [3.63, 3.8) is 0 Å². The van der Waals surface area contributed by atoms with E-state index in [-0.39, 0.29) is 6.61 Å². The molecule has 3 aromatic carbocycles. The van der Waals surface area contributed by atoms with Crippen molar-refractivity contribution in [1.29, 1.82) is 0 Å². The lowest BCUT2D eigenvalue weighted by molar-refractivity contribution is -0.123. The van der Waals surface area contributed by atoms with Crippen LogP contribution < -0.4 is 24.4 Å². The second-order valence-corrected chi connectivity index (χ2v) is 7.09. The fourth-order valence-electron chi connectivity index (χ4n) is 2.73. The van der Waals surface area contributed by atoms with E-state index in [4.69, 9.17) is 18.9 Å². The highest BCUT2D eigenvalue weighted by Crippen LogP contribution is 2.18. The van der Waals surface area contributed by atoms with Crippen LogP contribution in [0, 0.1) is 0 Å². The van der Waals surface area contributed by atoms with Crippen molar-refractivity contribution in [2.24, 2.45) is 5.10 Å². The normalized spacial score (nSPS) is 10.5. The molecule has 0 aliphatic carbocycles. The number of amides is 1. The number of hydrogen-bond acceptors (Lipinski definition) is 7. The lowest BCUT2D eigenvalue weighted by Gasteiger charge is -2.07. The molecule has 1 amide bonds. The van der Waals surface area contributed by atoms with E-state index in [9.17, 15) is 9.59 Å². The average molecular weight is 463 g/mol. The van der Waals surface area contributed by atoms with Gasteiger partial charge in [-0.2, -0.15) is 5.10 Å². The van der Waals surface area contributed by atoms with Crippen LogP contribution in [0.3, 0.4) is 0 Å². The van der Waals surface area contributed by atoms with E-state index >= 15 is 0 Å². The van der Waals surface area contributed by atoms with Crippen LogP contribution in [0.2, 0.25) is 0 Å². The molecule has 0 unspecified atom stereocenters. The summed E-state index contributed by atoms with van der Waals surface area (Å²) < 4.78 is 21.4. The van der Waals surface area contributed by atoms with Crippen LogP contribution in [0.25, 0.3) is 0 Å². The van der Waals surface area contributed by atoms with Crippen molar-refractivity contribution >= 4 is 18.1 Å². The SMILES string of the molecule is CCCOc1ccc(C(=O)Oc2ccc(/C=N/NC(=O)COc3ccc(OC)cc3)cc2)cc1. The summed E-state index contributed by atoms with van der Waals surface area (Å²) in [5.74, 6) is 1.49. The first-order chi connectivity index (χ1) is 16.6. The van der Waals surface area contributed by atoms with Crippen LogP contribution in [0.5, 0.6) is 23.0 Å². The van der Waals surface area contributed by atoms with Crippen molar-refractivity contribution < 1.29 is 28.5 Å². The largest absolute Gasteiger partial charge is 0.497 e. The van der Waals surface area contributed by atoms with Crippen LogP contribution in [-0.2, 0) is 4.79 Å². The summed E-state index contributed by atoms with van der Waals surface area (Å²) >= 11 is 0. The molecule has 0 saturated carbocycles. The van der Waals surface area contributed by atoms with Crippen molar-refractivity contribution in [2.75, 3.05) is 20.3 Å². The minimum absolute atomic E-state index is 0.176. The molecule has 0 fully saturated rings. The summed E-state index contributed by atoms with van der Waals surface area (Å²) in [5, 5.41) is 3.90. The van der Waals surface area contributed by atoms with Crippen molar-refractivity contribution in [3.05, 3.63) is 83.9 Å². The lowest BCUT2D eigenvalue weighted by Crippen LogP contribution is -2.24. The molecular weight excluding hydrogens is 436 g/mol. The molecule has 1 N–H and O–H groups in total. The Labute approximate surface area is 198 Å². The summed E-state index contributed by atoms with van der Waals surface area (Å²) in [4.78, 5) is 24.2. The molecule has 0 radical (unpaired) electrons. The topological polar surface area (TPSA) is 95.5 Å². The van der Waals surface area contributed by atoms with Crippen LogP contribution in [0.1, 0.15) is 29.3 Å². The molecule has 0 atom stereocenters. The summed E-state index contributed by atoms with van der Waals surface area (Å²) in [7, 11) is 1.58. The number of carbonyl (C=O) groups excluding carboxylic acids is 2. The third-order valence-electron chi connectivity index (χ3n) is 4.49. The molecule has 0 aromatic heterocycles. The number of methoxy groups -OCH3 is 1. The third kappa shape index (κ3) is 7.67. The Hall–Kier alpha value is -4.33. The van der Waals surface area contributed by atoms with Gasteiger partial charge >= 0.3 is 5.97 Å². The molecule has 0 bridgehead atoms. The molecule has 0 saturated heterocycles. The highest BCUT2D eigenvalue weighted by atomic mass is 16.5. The summed E-state index contributed by atoms with van der Waals surface area (Å²) in [5.41, 5.74) is 3.54. The molecule has 8 heteroatoms. The van der Waals surface area contributed by atoms with Crippen molar-refractivity contribution in [3.8, 4) is 23.0 Å². The predicted molar refractivity (Wildman–Crippen MR) is 128 cm³/mol.